The highest BCUT2D eigenvalue weighted by molar-refractivity contribution is 6.30. The summed E-state index contributed by atoms with van der Waals surface area (Å²) in [6.07, 6.45) is 3.96. The number of nitrogens with zero attached hydrogens (tertiary/aromatic N) is 3. The molecule has 0 spiro atoms. The van der Waals surface area contributed by atoms with Gasteiger partial charge in [0.15, 0.2) is 0 Å². The van der Waals surface area contributed by atoms with Crippen LogP contribution in [0.4, 0.5) is 0 Å². The lowest BCUT2D eigenvalue weighted by Crippen LogP contribution is -2.37. The van der Waals surface area contributed by atoms with Crippen molar-refractivity contribution in [1.82, 2.24) is 14.7 Å². The molecule has 0 saturated heterocycles. The third-order valence-corrected chi connectivity index (χ3v) is 4.79. The van der Waals surface area contributed by atoms with Crippen molar-refractivity contribution < 1.29 is 9.53 Å². The molecule has 3 rings (SSSR count). The maximum atomic E-state index is 12.5. The van der Waals surface area contributed by atoms with Crippen LogP contribution in [0.15, 0.2) is 30.5 Å². The lowest BCUT2D eigenvalue weighted by atomic mass is 10.0. The van der Waals surface area contributed by atoms with Crippen LogP contribution >= 0.6 is 11.6 Å². The van der Waals surface area contributed by atoms with Gasteiger partial charge in [-0.3, -0.25) is 9.48 Å². The van der Waals surface area contributed by atoms with Gasteiger partial charge in [0.05, 0.1) is 18.3 Å². The van der Waals surface area contributed by atoms with E-state index in [1.165, 1.54) is 5.69 Å². The van der Waals surface area contributed by atoms with Gasteiger partial charge < -0.3 is 9.64 Å². The zero-order chi connectivity index (χ0) is 18.7. The fraction of sp³-hybridized carbons (Fsp3) is 0.500. The minimum Gasteiger partial charge on any atom is -0.494 e. The van der Waals surface area contributed by atoms with Crippen molar-refractivity contribution >= 4 is 17.5 Å². The SMILES string of the molecule is CC(C)(C)n1ncc2c1CCN(C(=O)CCCOc1ccc(Cl)cc1)C2. The molecule has 1 aliphatic heterocycles. The zero-order valence-electron chi connectivity index (χ0n) is 15.7. The maximum absolute atomic E-state index is 12.5. The van der Waals surface area contributed by atoms with E-state index in [2.05, 4.69) is 30.6 Å². The molecular formula is C20H26ClN3O2. The molecule has 6 heteroatoms. The summed E-state index contributed by atoms with van der Waals surface area (Å²) in [5.41, 5.74) is 2.39. The van der Waals surface area contributed by atoms with Gasteiger partial charge in [0, 0.05) is 42.2 Å². The van der Waals surface area contributed by atoms with E-state index in [0.29, 0.717) is 31.0 Å². The molecule has 1 amide bonds. The van der Waals surface area contributed by atoms with Crippen molar-refractivity contribution in [2.45, 2.75) is 52.1 Å². The largest absolute Gasteiger partial charge is 0.494 e. The van der Waals surface area contributed by atoms with E-state index in [9.17, 15) is 4.79 Å². The van der Waals surface area contributed by atoms with Crippen LogP contribution in [-0.4, -0.2) is 33.7 Å². The van der Waals surface area contributed by atoms with E-state index in [1.54, 1.807) is 12.1 Å². The summed E-state index contributed by atoms with van der Waals surface area (Å²) in [5, 5.41) is 5.21. The Kier molecular flexibility index (Phi) is 5.56. The number of rotatable bonds is 5. The molecule has 0 atom stereocenters. The molecule has 0 fully saturated rings. The number of amides is 1. The Morgan fingerprint density at radius 2 is 2.00 bits per heavy atom. The molecule has 1 aliphatic rings. The second-order valence-electron chi connectivity index (χ2n) is 7.67. The second-order valence-corrected chi connectivity index (χ2v) is 8.11. The quantitative estimate of drug-likeness (QED) is 0.741. The summed E-state index contributed by atoms with van der Waals surface area (Å²) in [7, 11) is 0. The highest BCUT2D eigenvalue weighted by atomic mass is 35.5. The van der Waals surface area contributed by atoms with Crippen molar-refractivity contribution in [3.63, 3.8) is 0 Å². The molecule has 1 aromatic carbocycles. The molecule has 0 unspecified atom stereocenters. The highest BCUT2D eigenvalue weighted by Gasteiger charge is 2.27. The molecule has 26 heavy (non-hydrogen) atoms. The van der Waals surface area contributed by atoms with Crippen LogP contribution in [0.3, 0.4) is 0 Å². The zero-order valence-corrected chi connectivity index (χ0v) is 16.4. The Bertz CT molecular complexity index is 762. The van der Waals surface area contributed by atoms with Crippen molar-refractivity contribution in [2.24, 2.45) is 0 Å². The summed E-state index contributed by atoms with van der Waals surface area (Å²) in [6.45, 7) is 8.39. The second kappa shape index (κ2) is 7.70. The lowest BCUT2D eigenvalue weighted by Gasteiger charge is -2.30. The van der Waals surface area contributed by atoms with Gasteiger partial charge in [-0.05, 0) is 51.5 Å². The van der Waals surface area contributed by atoms with E-state index >= 15 is 0 Å². The van der Waals surface area contributed by atoms with Gasteiger partial charge in [-0.15, -0.1) is 0 Å². The Labute approximate surface area is 159 Å². The summed E-state index contributed by atoms with van der Waals surface area (Å²) < 4.78 is 7.74. The van der Waals surface area contributed by atoms with Gasteiger partial charge in [0.2, 0.25) is 5.91 Å². The van der Waals surface area contributed by atoms with E-state index in [1.807, 2.05) is 23.2 Å². The number of benzene rings is 1. The number of hydrogen-bond donors (Lipinski definition) is 0. The van der Waals surface area contributed by atoms with Crippen LogP contribution in [0.5, 0.6) is 5.75 Å². The molecule has 1 aromatic heterocycles. The Morgan fingerprint density at radius 1 is 1.27 bits per heavy atom. The van der Waals surface area contributed by atoms with E-state index in [0.717, 1.165) is 24.3 Å². The summed E-state index contributed by atoms with van der Waals surface area (Å²) >= 11 is 5.85. The van der Waals surface area contributed by atoms with Crippen molar-refractivity contribution in [1.29, 1.82) is 0 Å². The number of carbonyl (C=O) groups excluding carboxylic acids is 1. The lowest BCUT2D eigenvalue weighted by molar-refractivity contribution is -0.132. The van der Waals surface area contributed by atoms with Crippen LogP contribution < -0.4 is 4.74 Å². The Hall–Kier alpha value is -2.01. The topological polar surface area (TPSA) is 47.4 Å². The van der Waals surface area contributed by atoms with E-state index < -0.39 is 0 Å². The highest BCUT2D eigenvalue weighted by Crippen LogP contribution is 2.24. The van der Waals surface area contributed by atoms with Gasteiger partial charge in [0.25, 0.3) is 0 Å². The molecule has 140 valence electrons. The number of carbonyl (C=O) groups is 1. The maximum Gasteiger partial charge on any atom is 0.223 e. The van der Waals surface area contributed by atoms with Crippen LogP contribution in [0.1, 0.15) is 44.9 Å². The van der Waals surface area contributed by atoms with Crippen LogP contribution in [-0.2, 0) is 23.3 Å². The van der Waals surface area contributed by atoms with Gasteiger partial charge in [0.1, 0.15) is 5.75 Å². The summed E-state index contributed by atoms with van der Waals surface area (Å²) in [5.74, 6) is 0.956. The predicted octanol–water partition coefficient (Wildman–Crippen LogP) is 4.04. The molecular weight excluding hydrogens is 350 g/mol. The third kappa shape index (κ3) is 4.39. The van der Waals surface area contributed by atoms with Gasteiger partial charge >= 0.3 is 0 Å². The molecule has 2 aromatic rings. The van der Waals surface area contributed by atoms with E-state index in [-0.39, 0.29) is 11.4 Å². The number of halogens is 1. The first-order valence-electron chi connectivity index (χ1n) is 9.07. The average Bonchev–Trinajstić information content (AvgIpc) is 3.03. The Morgan fingerprint density at radius 3 is 2.69 bits per heavy atom. The normalized spacial score (nSPS) is 14.2. The third-order valence-electron chi connectivity index (χ3n) is 4.54. The first-order valence-corrected chi connectivity index (χ1v) is 9.45. The predicted molar refractivity (Wildman–Crippen MR) is 103 cm³/mol. The number of fused-ring (bicyclic) bond motifs is 1. The van der Waals surface area contributed by atoms with Crippen LogP contribution in [0, 0.1) is 0 Å². The molecule has 0 radical (unpaired) electrons. The number of aromatic nitrogens is 2. The smallest absolute Gasteiger partial charge is 0.223 e. The molecule has 0 bridgehead atoms. The Balaban J connectivity index is 1.47. The van der Waals surface area contributed by atoms with E-state index in [4.69, 9.17) is 16.3 Å². The molecule has 5 nitrogen and oxygen atoms in total. The fourth-order valence-corrected chi connectivity index (χ4v) is 3.35. The van der Waals surface area contributed by atoms with Crippen LogP contribution in [0.2, 0.25) is 5.02 Å². The molecule has 0 saturated carbocycles. The van der Waals surface area contributed by atoms with Gasteiger partial charge in [-0.25, -0.2) is 0 Å². The number of hydrogen-bond acceptors (Lipinski definition) is 3. The van der Waals surface area contributed by atoms with Crippen LogP contribution in [0.25, 0.3) is 0 Å². The average molecular weight is 376 g/mol. The number of ether oxygens (including phenoxy) is 1. The standard InChI is InChI=1S/C20H26ClN3O2/c1-20(2,3)24-18-10-11-23(14-15(18)13-22-24)19(25)5-4-12-26-17-8-6-16(21)7-9-17/h6-9,13H,4-5,10-12,14H2,1-3H3. The molecule has 0 N–H and O–H groups in total. The van der Waals surface area contributed by atoms with Crippen molar-refractivity contribution in [2.75, 3.05) is 13.2 Å². The minimum absolute atomic E-state index is 0.0290. The monoisotopic (exact) mass is 375 g/mol. The summed E-state index contributed by atoms with van der Waals surface area (Å²) in [6, 6.07) is 7.27. The first kappa shape index (κ1) is 18.8. The summed E-state index contributed by atoms with van der Waals surface area (Å²) in [4.78, 5) is 14.4. The molecule has 0 aliphatic carbocycles. The van der Waals surface area contributed by atoms with Crippen molar-refractivity contribution in [3.8, 4) is 5.75 Å². The first-order chi connectivity index (χ1) is 12.3. The van der Waals surface area contributed by atoms with Gasteiger partial charge in [-0.2, -0.15) is 5.10 Å². The fourth-order valence-electron chi connectivity index (χ4n) is 3.23. The van der Waals surface area contributed by atoms with Crippen molar-refractivity contribution in [3.05, 3.63) is 46.7 Å². The molecule has 2 heterocycles. The minimum atomic E-state index is -0.0290. The van der Waals surface area contributed by atoms with Gasteiger partial charge in [-0.1, -0.05) is 11.6 Å².